The molecule has 3 atom stereocenters. The summed E-state index contributed by atoms with van der Waals surface area (Å²) in [6.45, 7) is 4.95. The number of hydrogen-bond acceptors (Lipinski definition) is 8. The van der Waals surface area contributed by atoms with Crippen LogP contribution in [-0.2, 0) is 33.3 Å². The van der Waals surface area contributed by atoms with Gasteiger partial charge in [0.25, 0.3) is 10.1 Å². The lowest BCUT2D eigenvalue weighted by Gasteiger charge is -2.34. The third-order valence-corrected chi connectivity index (χ3v) is 4.02. The molecule has 0 spiro atoms. The molecule has 0 unspecified atom stereocenters. The van der Waals surface area contributed by atoms with Crippen molar-refractivity contribution in [2.45, 2.75) is 44.7 Å². The van der Waals surface area contributed by atoms with Crippen molar-refractivity contribution in [2.75, 3.05) is 20.5 Å². The van der Waals surface area contributed by atoms with E-state index in [0.29, 0.717) is 0 Å². The zero-order valence-corrected chi connectivity index (χ0v) is 15.3. The van der Waals surface area contributed by atoms with Gasteiger partial charge in [-0.3, -0.25) is 9.08 Å². The number of methoxy groups -OCH3 is 2. The number of nitrogens with zero attached hydrogens (tertiary/aromatic N) is 1. The first kappa shape index (κ1) is 20.4. The maximum atomic E-state index is 12.2. The first-order chi connectivity index (χ1) is 10.9. The van der Waals surface area contributed by atoms with Gasteiger partial charge in [-0.15, -0.1) is 0 Å². The van der Waals surface area contributed by atoms with Crippen molar-refractivity contribution in [3.8, 4) is 0 Å². The van der Waals surface area contributed by atoms with E-state index in [1.807, 2.05) is 0 Å². The Labute approximate surface area is 141 Å². The molecule has 24 heavy (non-hydrogen) atoms. The topological polar surface area (TPSA) is 108 Å². The van der Waals surface area contributed by atoms with Crippen molar-refractivity contribution >= 4 is 22.2 Å². The van der Waals surface area contributed by atoms with E-state index in [4.69, 9.17) is 13.7 Å². The molecule has 0 N–H and O–H groups in total. The highest BCUT2D eigenvalue weighted by Crippen LogP contribution is 2.35. The highest BCUT2D eigenvalue weighted by Gasteiger charge is 2.52. The van der Waals surface area contributed by atoms with Gasteiger partial charge in [-0.1, -0.05) is 0 Å². The van der Waals surface area contributed by atoms with Gasteiger partial charge in [0.05, 0.1) is 32.6 Å². The summed E-state index contributed by atoms with van der Waals surface area (Å²) >= 11 is 0. The molecule has 9 nitrogen and oxygen atoms in total. The normalized spacial score (nSPS) is 24.8. The fraction of sp³-hybridized carbons (Fsp3) is 0.714. The molecule has 0 aromatic rings. The summed E-state index contributed by atoms with van der Waals surface area (Å²) in [6.07, 6.45) is 0.684. The molecule has 1 fully saturated rings. The predicted octanol–water partition coefficient (Wildman–Crippen LogP) is 0.652. The number of carbonyl (C=O) groups excluding carboxylic acids is 2. The predicted molar refractivity (Wildman–Crippen MR) is 83.5 cm³/mol. The van der Waals surface area contributed by atoms with Gasteiger partial charge >= 0.3 is 12.1 Å². The van der Waals surface area contributed by atoms with Crippen LogP contribution in [0.2, 0.25) is 0 Å². The Morgan fingerprint density at radius 1 is 1.25 bits per heavy atom. The maximum Gasteiger partial charge on any atom is 0.412 e. The Kier molecular flexibility index (Phi) is 6.37. The first-order valence-electron chi connectivity index (χ1n) is 7.12. The lowest BCUT2D eigenvalue weighted by Crippen LogP contribution is -2.53. The minimum Gasteiger partial charge on any atom is -0.466 e. The van der Waals surface area contributed by atoms with Gasteiger partial charge in [-0.2, -0.15) is 8.42 Å². The Morgan fingerprint density at radius 2 is 1.83 bits per heavy atom. The van der Waals surface area contributed by atoms with Crippen LogP contribution < -0.4 is 0 Å². The minimum atomic E-state index is -3.87. The van der Waals surface area contributed by atoms with Crippen LogP contribution in [0.15, 0.2) is 12.2 Å². The molecule has 0 aliphatic carbocycles. The van der Waals surface area contributed by atoms with E-state index in [1.165, 1.54) is 25.2 Å². The molecule has 0 aromatic carbocycles. The second-order valence-electron chi connectivity index (χ2n) is 5.75. The third-order valence-electron chi connectivity index (χ3n) is 3.45. The second kappa shape index (κ2) is 7.49. The van der Waals surface area contributed by atoms with E-state index in [9.17, 15) is 18.0 Å². The Hall–Kier alpha value is -1.65. The van der Waals surface area contributed by atoms with Crippen LogP contribution in [0.5, 0.6) is 0 Å². The van der Waals surface area contributed by atoms with Crippen molar-refractivity contribution in [3.63, 3.8) is 0 Å². The summed E-state index contributed by atoms with van der Waals surface area (Å²) in [5, 5.41) is 0. The lowest BCUT2D eigenvalue weighted by atomic mass is 10.0. The van der Waals surface area contributed by atoms with Crippen LogP contribution in [0.3, 0.4) is 0 Å². The van der Waals surface area contributed by atoms with E-state index in [1.54, 1.807) is 20.8 Å². The van der Waals surface area contributed by atoms with Crippen LogP contribution in [0, 0.1) is 0 Å². The second-order valence-corrected chi connectivity index (χ2v) is 7.35. The van der Waals surface area contributed by atoms with Crippen molar-refractivity contribution < 1.29 is 36.4 Å². The molecule has 0 bridgehead atoms. The molecule has 0 aromatic heterocycles. The Balaban J connectivity index is 3.28. The average molecular weight is 365 g/mol. The Bertz CT molecular complexity index is 612. The molecular formula is C14H23NO8S. The molecule has 1 heterocycles. The van der Waals surface area contributed by atoms with E-state index in [2.05, 4.69) is 4.74 Å². The van der Waals surface area contributed by atoms with E-state index < -0.39 is 46.2 Å². The SMILES string of the molecule is COC(=O)/C=C/[C@H](OS(C)(=O)=O)[C@@H]1[C@@H](C)OC(C)(C)N1C(=O)OC. The van der Waals surface area contributed by atoms with E-state index in [-0.39, 0.29) is 0 Å². The number of rotatable bonds is 5. The minimum absolute atomic E-state index is 0.576. The van der Waals surface area contributed by atoms with Crippen LogP contribution >= 0.6 is 0 Å². The number of carbonyl (C=O) groups is 2. The van der Waals surface area contributed by atoms with Crippen LogP contribution in [0.25, 0.3) is 0 Å². The molecule has 10 heteroatoms. The first-order valence-corrected chi connectivity index (χ1v) is 8.94. The summed E-state index contributed by atoms with van der Waals surface area (Å²) in [7, 11) is -1.48. The zero-order valence-electron chi connectivity index (χ0n) is 14.5. The van der Waals surface area contributed by atoms with Crippen LogP contribution in [0.4, 0.5) is 4.79 Å². The van der Waals surface area contributed by atoms with Crippen molar-refractivity contribution in [1.29, 1.82) is 0 Å². The van der Waals surface area contributed by atoms with Crippen LogP contribution in [0.1, 0.15) is 20.8 Å². The zero-order chi connectivity index (χ0) is 18.7. The summed E-state index contributed by atoms with van der Waals surface area (Å²) in [6, 6.07) is -0.830. The average Bonchev–Trinajstić information content (AvgIpc) is 2.69. The van der Waals surface area contributed by atoms with Gasteiger partial charge in [0.1, 0.15) is 11.8 Å². The summed E-state index contributed by atoms with van der Waals surface area (Å²) < 4.78 is 43.2. The summed E-state index contributed by atoms with van der Waals surface area (Å²) in [4.78, 5) is 24.7. The van der Waals surface area contributed by atoms with Crippen LogP contribution in [-0.4, -0.2) is 69.8 Å². The standard InChI is InChI=1S/C14H23NO8S/c1-9-12(15(13(17)21-5)14(2,3)22-9)10(23-24(6,18)19)7-8-11(16)20-4/h7-10,12H,1-6H3/b8-7+/t9-,10+,12+/m1/s1. The molecule has 1 aliphatic heterocycles. The highest BCUT2D eigenvalue weighted by atomic mass is 32.2. The summed E-state index contributed by atoms with van der Waals surface area (Å²) in [5.41, 5.74) is -1.05. The van der Waals surface area contributed by atoms with Crippen molar-refractivity contribution in [2.24, 2.45) is 0 Å². The van der Waals surface area contributed by atoms with Gasteiger partial charge in [0, 0.05) is 6.08 Å². The van der Waals surface area contributed by atoms with Crippen molar-refractivity contribution in [3.05, 3.63) is 12.2 Å². The van der Waals surface area contributed by atoms with Gasteiger partial charge in [0.2, 0.25) is 0 Å². The molecule has 1 aliphatic rings. The van der Waals surface area contributed by atoms with Crippen molar-refractivity contribution in [1.82, 2.24) is 4.90 Å². The molecule has 0 saturated carbocycles. The third kappa shape index (κ3) is 4.92. The molecule has 0 radical (unpaired) electrons. The van der Waals surface area contributed by atoms with E-state index >= 15 is 0 Å². The Morgan fingerprint density at radius 3 is 2.29 bits per heavy atom. The lowest BCUT2D eigenvalue weighted by molar-refractivity contribution is -0.134. The monoisotopic (exact) mass is 365 g/mol. The number of hydrogen-bond donors (Lipinski definition) is 0. The molecular weight excluding hydrogens is 342 g/mol. The molecule has 1 amide bonds. The largest absolute Gasteiger partial charge is 0.466 e. The molecule has 1 rings (SSSR count). The van der Waals surface area contributed by atoms with Gasteiger partial charge in [0.15, 0.2) is 0 Å². The highest BCUT2D eigenvalue weighted by molar-refractivity contribution is 7.86. The molecule has 1 saturated heterocycles. The number of ether oxygens (including phenoxy) is 3. The smallest absolute Gasteiger partial charge is 0.412 e. The summed E-state index contributed by atoms with van der Waals surface area (Å²) in [5.74, 6) is -0.687. The maximum absolute atomic E-state index is 12.2. The van der Waals surface area contributed by atoms with E-state index in [0.717, 1.165) is 12.3 Å². The fourth-order valence-corrected chi connectivity index (χ4v) is 3.23. The quantitative estimate of drug-likeness (QED) is 0.397. The van der Waals surface area contributed by atoms with Gasteiger partial charge in [-0.05, 0) is 26.8 Å². The van der Waals surface area contributed by atoms with Gasteiger partial charge < -0.3 is 14.2 Å². The molecule has 138 valence electrons. The fourth-order valence-electron chi connectivity index (χ4n) is 2.65. The number of amides is 1. The number of esters is 1. The van der Waals surface area contributed by atoms with Gasteiger partial charge in [-0.25, -0.2) is 9.59 Å².